The molecule has 9 nitrogen and oxygen atoms in total. The third-order valence-corrected chi connectivity index (χ3v) is 7.35. The first-order valence-corrected chi connectivity index (χ1v) is 14.3. The van der Waals surface area contributed by atoms with Crippen molar-refractivity contribution in [3.05, 3.63) is 99.5 Å². The maximum absolute atomic E-state index is 12.6. The average Bonchev–Trinajstić information content (AvgIpc) is 2.92. The first kappa shape index (κ1) is 34.8. The summed E-state index contributed by atoms with van der Waals surface area (Å²) in [7, 11) is -2.29. The minimum Gasteiger partial charge on any atom is -0.548 e. The summed E-state index contributed by atoms with van der Waals surface area (Å²) in [4.78, 5) is 24.2. The molecule has 3 rings (SSSR count). The van der Waals surface area contributed by atoms with Crippen LogP contribution in [0.25, 0.3) is 6.08 Å². The van der Waals surface area contributed by atoms with Gasteiger partial charge < -0.3 is 24.7 Å². The number of halogens is 2. The van der Waals surface area contributed by atoms with Gasteiger partial charge in [0.15, 0.2) is 0 Å². The maximum Gasteiger partial charge on any atom is 1.00 e. The van der Waals surface area contributed by atoms with E-state index in [4.69, 9.17) is 32.7 Å². The van der Waals surface area contributed by atoms with E-state index in [2.05, 4.69) is 10.0 Å². The van der Waals surface area contributed by atoms with Crippen molar-refractivity contribution >= 4 is 51.2 Å². The third kappa shape index (κ3) is 11.4. The van der Waals surface area contributed by atoms with E-state index in [1.54, 1.807) is 43.5 Å². The van der Waals surface area contributed by atoms with E-state index in [1.165, 1.54) is 30.3 Å². The van der Waals surface area contributed by atoms with Gasteiger partial charge >= 0.3 is 29.6 Å². The molecule has 0 fully saturated rings. The van der Waals surface area contributed by atoms with Gasteiger partial charge in [-0.15, -0.1) is 0 Å². The molecule has 0 aliphatic rings. The zero-order chi connectivity index (χ0) is 29.1. The number of amides is 1. The van der Waals surface area contributed by atoms with Crippen molar-refractivity contribution in [2.45, 2.75) is 23.9 Å². The van der Waals surface area contributed by atoms with Gasteiger partial charge in [0.1, 0.15) is 12.4 Å². The van der Waals surface area contributed by atoms with Gasteiger partial charge in [-0.05, 0) is 60.0 Å². The Bertz CT molecular complexity index is 1430. The number of rotatable bonds is 14. The van der Waals surface area contributed by atoms with Crippen molar-refractivity contribution in [3.8, 4) is 5.75 Å². The van der Waals surface area contributed by atoms with Crippen molar-refractivity contribution < 1.29 is 62.1 Å². The van der Waals surface area contributed by atoms with Crippen LogP contribution in [0, 0.1) is 0 Å². The molecule has 13 heteroatoms. The summed E-state index contributed by atoms with van der Waals surface area (Å²) in [5, 5.41) is 14.4. The van der Waals surface area contributed by atoms with Crippen molar-refractivity contribution in [1.29, 1.82) is 0 Å². The van der Waals surface area contributed by atoms with E-state index >= 15 is 0 Å². The van der Waals surface area contributed by atoms with Gasteiger partial charge in [0.05, 0.1) is 23.5 Å². The number of nitrogens with one attached hydrogen (secondary N) is 2. The zero-order valence-electron chi connectivity index (χ0n) is 22.4. The molecule has 3 aromatic carbocycles. The van der Waals surface area contributed by atoms with Crippen molar-refractivity contribution in [2.24, 2.45) is 0 Å². The molecule has 2 N–H and O–H groups in total. The average molecular weight is 629 g/mol. The first-order valence-electron chi connectivity index (χ1n) is 12.0. The molecule has 0 radical (unpaired) electrons. The molecule has 3 aromatic rings. The molecule has 0 aliphatic heterocycles. The fourth-order valence-electron chi connectivity index (χ4n) is 3.43. The molecule has 1 amide bonds. The Morgan fingerprint density at radius 3 is 2.20 bits per heavy atom. The second kappa shape index (κ2) is 16.9. The second-order valence-electron chi connectivity index (χ2n) is 8.52. The van der Waals surface area contributed by atoms with Crippen LogP contribution in [0.5, 0.6) is 5.75 Å². The predicted molar refractivity (Wildman–Crippen MR) is 151 cm³/mol. The molecular weight excluding hydrogens is 602 g/mol. The van der Waals surface area contributed by atoms with E-state index < -0.39 is 27.9 Å². The summed E-state index contributed by atoms with van der Waals surface area (Å²) >= 11 is 11.8. The summed E-state index contributed by atoms with van der Waals surface area (Å²) in [5.41, 5.74) is 1.60. The van der Waals surface area contributed by atoms with E-state index in [9.17, 15) is 23.1 Å². The van der Waals surface area contributed by atoms with Gasteiger partial charge in [-0.2, -0.15) is 0 Å². The molecule has 41 heavy (non-hydrogen) atoms. The normalized spacial score (nSPS) is 12.0. The summed E-state index contributed by atoms with van der Waals surface area (Å²) in [5.74, 6) is -1.35. The van der Waals surface area contributed by atoms with Crippen LogP contribution in [-0.2, 0) is 26.1 Å². The molecule has 212 valence electrons. The number of carboxylic acid groups (broad SMARTS) is 1. The van der Waals surface area contributed by atoms with E-state index in [1.807, 2.05) is 12.1 Å². The number of ether oxygens (including phenoxy) is 2. The van der Waals surface area contributed by atoms with E-state index in [0.717, 1.165) is 5.56 Å². The molecular formula is C28H27Cl2N2NaO7S. The van der Waals surface area contributed by atoms with Gasteiger partial charge in [-0.25, -0.2) is 13.1 Å². The Kier molecular flexibility index (Phi) is 14.3. The van der Waals surface area contributed by atoms with Crippen molar-refractivity contribution in [2.75, 3.05) is 20.3 Å². The van der Waals surface area contributed by atoms with Crippen LogP contribution in [0.2, 0.25) is 10.0 Å². The quantitative estimate of drug-likeness (QED) is 0.196. The SMILES string of the molecule is COCCOc1ccc(/C=C/CC(NC(=O)c2ccc(CNS(=O)(=O)c3cc(Cl)cc(Cl)c3)cc2)C(=O)[O-])cc1.[Na+]. The van der Waals surface area contributed by atoms with E-state index in [0.29, 0.717) is 24.5 Å². The standard InChI is InChI=1S/C28H28Cl2N2O7S.Na/c1-38-13-14-39-24-11-7-19(8-12-24)3-2-4-26(28(34)35)32-27(33)21-9-5-20(6-10-21)18-31-40(36,37)25-16-22(29)15-23(30)17-25;/h2-3,5-12,15-17,26,31H,4,13-14,18H2,1H3,(H,32,33)(H,34,35);/q;+1/p-1/b3-2+;. The molecule has 0 bridgehead atoms. The molecule has 1 atom stereocenters. The Hall–Kier alpha value is -2.41. The number of aliphatic carboxylic acids is 1. The van der Waals surface area contributed by atoms with E-state index in [-0.39, 0.29) is 63.0 Å². The Morgan fingerprint density at radius 2 is 1.61 bits per heavy atom. The Labute approximate surface area is 271 Å². The van der Waals surface area contributed by atoms with Gasteiger partial charge in [-0.1, -0.05) is 59.6 Å². The molecule has 0 aliphatic carbocycles. The Balaban J connectivity index is 0.00000588. The number of benzene rings is 3. The smallest absolute Gasteiger partial charge is 0.548 e. The molecule has 0 heterocycles. The van der Waals surface area contributed by atoms with Crippen LogP contribution in [0.15, 0.2) is 77.7 Å². The summed E-state index contributed by atoms with van der Waals surface area (Å²) in [6, 6.07) is 16.0. The summed E-state index contributed by atoms with van der Waals surface area (Å²) in [6.07, 6.45) is 3.37. The minimum absolute atomic E-state index is 0. The molecule has 0 saturated carbocycles. The molecule has 0 saturated heterocycles. The monoisotopic (exact) mass is 628 g/mol. The zero-order valence-corrected chi connectivity index (χ0v) is 26.8. The number of methoxy groups -OCH3 is 1. The minimum atomic E-state index is -3.88. The molecule has 1 unspecified atom stereocenters. The maximum atomic E-state index is 12.6. The number of sulfonamides is 1. The number of carbonyl (C=O) groups excluding carboxylic acids is 2. The van der Waals surface area contributed by atoms with Crippen LogP contribution in [0.3, 0.4) is 0 Å². The fourth-order valence-corrected chi connectivity index (χ4v) is 5.18. The number of hydrogen-bond acceptors (Lipinski definition) is 7. The second-order valence-corrected chi connectivity index (χ2v) is 11.2. The topological polar surface area (TPSA) is 134 Å². The number of hydrogen-bond donors (Lipinski definition) is 2. The van der Waals surface area contributed by atoms with Gasteiger partial charge in [0.2, 0.25) is 10.0 Å². The summed E-state index contributed by atoms with van der Waals surface area (Å²) < 4.78 is 38.0. The van der Waals surface area contributed by atoms with Crippen molar-refractivity contribution in [3.63, 3.8) is 0 Å². The number of carbonyl (C=O) groups is 2. The summed E-state index contributed by atoms with van der Waals surface area (Å²) in [6.45, 7) is 0.853. The van der Waals surface area contributed by atoms with Gasteiger partial charge in [0, 0.05) is 29.3 Å². The Morgan fingerprint density at radius 1 is 0.976 bits per heavy atom. The fraction of sp³-hybridized carbons (Fsp3) is 0.214. The van der Waals surface area contributed by atoms with Crippen LogP contribution < -0.4 is 49.4 Å². The van der Waals surface area contributed by atoms with Crippen LogP contribution in [-0.4, -0.2) is 46.7 Å². The largest absolute Gasteiger partial charge is 1.00 e. The molecule has 0 spiro atoms. The van der Waals surface area contributed by atoms with Crippen molar-refractivity contribution in [1.82, 2.24) is 10.0 Å². The van der Waals surface area contributed by atoms with Gasteiger partial charge in [0.25, 0.3) is 5.91 Å². The first-order chi connectivity index (χ1) is 19.1. The molecule has 0 aromatic heterocycles. The van der Waals surface area contributed by atoms with Crippen LogP contribution in [0.4, 0.5) is 0 Å². The van der Waals surface area contributed by atoms with Crippen LogP contribution >= 0.6 is 23.2 Å². The number of carboxylic acids is 1. The third-order valence-electron chi connectivity index (χ3n) is 5.54. The predicted octanol–water partition coefficient (Wildman–Crippen LogP) is 0.453. The van der Waals surface area contributed by atoms with Gasteiger partial charge in [-0.3, -0.25) is 4.79 Å². The van der Waals surface area contributed by atoms with Crippen LogP contribution in [0.1, 0.15) is 27.9 Å².